The maximum atomic E-state index is 2.75. The van der Waals surface area contributed by atoms with Crippen LogP contribution in [0.4, 0.5) is 0 Å². The van der Waals surface area contributed by atoms with Gasteiger partial charge in [-0.05, 0) is 0 Å². The van der Waals surface area contributed by atoms with Gasteiger partial charge < -0.3 is 0 Å². The average Bonchev–Trinajstić information content (AvgIpc) is 1.77. The van der Waals surface area contributed by atoms with E-state index in [0.717, 1.165) is 0 Å². The molecule has 0 saturated heterocycles. The monoisotopic (exact) mass is 143 g/mol. The quantitative estimate of drug-likeness (QED) is 0.453. The highest BCUT2D eigenvalue weighted by molar-refractivity contribution is 7.26. The Morgan fingerprint density at radius 3 is 2.50 bits per heavy atom. The van der Waals surface area contributed by atoms with Crippen LogP contribution in [0.25, 0.3) is 0 Å². The Hall–Kier alpha value is 0.340. The summed E-state index contributed by atoms with van der Waals surface area (Å²) in [5.41, 5.74) is 1.86. The lowest BCUT2D eigenvalue weighted by Crippen LogP contribution is -2.00. The van der Waals surface area contributed by atoms with Crippen molar-refractivity contribution in [3.05, 3.63) is 30.0 Å². The normalized spacial score (nSPS) is 29.0. The van der Waals surface area contributed by atoms with Crippen LogP contribution in [0.1, 0.15) is 0 Å². The Balaban J connectivity index is 2.59. The summed E-state index contributed by atoms with van der Waals surface area (Å²) in [6.07, 6.45) is 8.35. The van der Waals surface area contributed by atoms with Crippen molar-refractivity contribution in [3.8, 4) is 0 Å². The van der Waals surface area contributed by atoms with E-state index >= 15 is 0 Å². The van der Waals surface area contributed by atoms with Crippen molar-refractivity contribution in [1.29, 1.82) is 0 Å². The zero-order valence-corrected chi connectivity index (χ0v) is 6.85. The van der Waals surface area contributed by atoms with Gasteiger partial charge in [-0.3, -0.25) is 0 Å². The molecule has 0 bridgehead atoms. The highest BCUT2D eigenvalue weighted by Crippen LogP contribution is 2.27. The van der Waals surface area contributed by atoms with Crippen LogP contribution in [0.5, 0.6) is 0 Å². The van der Waals surface area contributed by atoms with E-state index in [9.17, 15) is 0 Å². The van der Waals surface area contributed by atoms with E-state index in [-0.39, 0.29) is 0 Å². The zero-order chi connectivity index (χ0) is 5.98. The minimum absolute atomic E-state index is 0.532. The molecule has 3 unspecified atom stereocenters. The third kappa shape index (κ3) is 1.41. The first-order valence-electron chi connectivity index (χ1n) is 2.53. The summed E-state index contributed by atoms with van der Waals surface area (Å²) in [6, 6.07) is 0. The molecule has 0 spiro atoms. The summed E-state index contributed by atoms with van der Waals surface area (Å²) in [5, 5.41) is 0. The Labute approximate surface area is 54.8 Å². The van der Waals surface area contributed by atoms with Gasteiger partial charge in [-0.15, -0.1) is 18.5 Å². The number of rotatable bonds is 0. The third-order valence-electron chi connectivity index (χ3n) is 1.10. The second-order valence-electron chi connectivity index (χ2n) is 1.77. The molecule has 8 heavy (non-hydrogen) atoms. The van der Waals surface area contributed by atoms with Crippen LogP contribution in [0.2, 0.25) is 0 Å². The lowest BCUT2D eigenvalue weighted by molar-refractivity contribution is 1.25. The molecule has 3 atom stereocenters. The fraction of sp³-hybridized carbons (Fsp3) is 0.167. The van der Waals surface area contributed by atoms with Crippen molar-refractivity contribution in [2.75, 3.05) is 0 Å². The van der Waals surface area contributed by atoms with Gasteiger partial charge in [-0.1, -0.05) is 24.3 Å². The SMILES string of the molecule is P[C]1C=CC=CC1P. The van der Waals surface area contributed by atoms with E-state index < -0.39 is 0 Å². The van der Waals surface area contributed by atoms with Crippen molar-refractivity contribution in [2.24, 2.45) is 0 Å². The van der Waals surface area contributed by atoms with E-state index in [1.807, 2.05) is 6.08 Å². The molecule has 1 radical (unpaired) electrons. The Morgan fingerprint density at radius 1 is 1.38 bits per heavy atom. The summed E-state index contributed by atoms with van der Waals surface area (Å²) >= 11 is 0. The first-order chi connectivity index (χ1) is 3.80. The third-order valence-corrected chi connectivity index (χ3v) is 2.67. The molecular weight excluding hydrogens is 134 g/mol. The van der Waals surface area contributed by atoms with E-state index in [1.165, 1.54) is 5.66 Å². The van der Waals surface area contributed by atoms with Crippen molar-refractivity contribution in [1.82, 2.24) is 0 Å². The molecule has 43 valence electrons. The van der Waals surface area contributed by atoms with E-state index in [4.69, 9.17) is 0 Å². The predicted molar refractivity (Wildman–Crippen MR) is 44.7 cm³/mol. The molecule has 1 rings (SSSR count). The summed E-state index contributed by atoms with van der Waals surface area (Å²) in [7, 11) is 5.45. The van der Waals surface area contributed by atoms with Crippen LogP contribution >= 0.6 is 18.5 Å². The zero-order valence-electron chi connectivity index (χ0n) is 4.54. The van der Waals surface area contributed by atoms with Gasteiger partial charge in [-0.25, -0.2) is 0 Å². The minimum Gasteiger partial charge on any atom is -0.129 e. The highest BCUT2D eigenvalue weighted by Gasteiger charge is 2.07. The number of hydrogen-bond acceptors (Lipinski definition) is 0. The Morgan fingerprint density at radius 2 is 2.12 bits per heavy atom. The van der Waals surface area contributed by atoms with Crippen molar-refractivity contribution >= 4 is 18.5 Å². The molecule has 0 aromatic carbocycles. The smallest absolute Gasteiger partial charge is 0.0260 e. The van der Waals surface area contributed by atoms with E-state index in [2.05, 4.69) is 36.7 Å². The minimum atomic E-state index is 0.532. The van der Waals surface area contributed by atoms with E-state index in [0.29, 0.717) is 5.66 Å². The molecule has 0 N–H and O–H groups in total. The Bertz CT molecular complexity index is 110. The van der Waals surface area contributed by atoms with Crippen molar-refractivity contribution in [2.45, 2.75) is 5.66 Å². The van der Waals surface area contributed by atoms with Crippen LogP contribution in [0.3, 0.4) is 0 Å². The number of hydrogen-bond donors (Lipinski definition) is 0. The maximum absolute atomic E-state index is 2.75. The van der Waals surface area contributed by atoms with Crippen LogP contribution in [0, 0.1) is 5.66 Å². The average molecular weight is 143 g/mol. The molecule has 0 heterocycles. The number of allylic oxidation sites excluding steroid dienone is 4. The summed E-state index contributed by atoms with van der Waals surface area (Å²) < 4.78 is 0. The molecule has 0 aromatic heterocycles. The van der Waals surface area contributed by atoms with Crippen LogP contribution in [-0.4, -0.2) is 5.66 Å². The van der Waals surface area contributed by atoms with Crippen molar-refractivity contribution in [3.63, 3.8) is 0 Å². The van der Waals surface area contributed by atoms with E-state index in [1.54, 1.807) is 0 Å². The van der Waals surface area contributed by atoms with Gasteiger partial charge in [0.25, 0.3) is 0 Å². The van der Waals surface area contributed by atoms with Gasteiger partial charge in [0.2, 0.25) is 0 Å². The molecule has 0 nitrogen and oxygen atoms in total. The maximum Gasteiger partial charge on any atom is 0.0260 e. The lowest BCUT2D eigenvalue weighted by atomic mass is 10.2. The molecule has 0 aliphatic heterocycles. The molecule has 1 aliphatic carbocycles. The molecule has 0 fully saturated rings. The van der Waals surface area contributed by atoms with Crippen LogP contribution < -0.4 is 0 Å². The summed E-state index contributed by atoms with van der Waals surface area (Å²) in [5.74, 6) is 0. The molecule has 0 aromatic rings. The largest absolute Gasteiger partial charge is 0.129 e. The highest BCUT2D eigenvalue weighted by atomic mass is 31.0. The van der Waals surface area contributed by atoms with Gasteiger partial charge in [0.05, 0.1) is 0 Å². The first-order valence-corrected chi connectivity index (χ1v) is 3.78. The Kier molecular flexibility index (Phi) is 2.23. The summed E-state index contributed by atoms with van der Waals surface area (Å²) in [6.45, 7) is 0. The second-order valence-corrected chi connectivity index (χ2v) is 3.15. The van der Waals surface area contributed by atoms with Crippen LogP contribution in [-0.2, 0) is 0 Å². The second kappa shape index (κ2) is 2.76. The molecule has 0 saturated carbocycles. The predicted octanol–water partition coefficient (Wildman–Crippen LogP) is 1.76. The topological polar surface area (TPSA) is 0 Å². The van der Waals surface area contributed by atoms with Gasteiger partial charge >= 0.3 is 0 Å². The lowest BCUT2D eigenvalue weighted by Gasteiger charge is -2.12. The molecule has 0 amide bonds. The summed E-state index contributed by atoms with van der Waals surface area (Å²) in [4.78, 5) is 0. The van der Waals surface area contributed by atoms with Gasteiger partial charge in [0, 0.05) is 11.3 Å². The first kappa shape index (κ1) is 6.46. The van der Waals surface area contributed by atoms with Gasteiger partial charge in [0.1, 0.15) is 0 Å². The fourth-order valence-corrected chi connectivity index (χ4v) is 1.03. The molecular formula is C6H9P2. The van der Waals surface area contributed by atoms with Gasteiger partial charge in [0.15, 0.2) is 0 Å². The fourth-order valence-electron chi connectivity index (χ4n) is 0.573. The van der Waals surface area contributed by atoms with Crippen LogP contribution in [0.15, 0.2) is 24.3 Å². The standard InChI is InChI=1S/C6H9P2/c7-5-3-1-2-4-6(5)8/h1-5H,7-8H2. The molecule has 1 aliphatic rings. The van der Waals surface area contributed by atoms with Crippen molar-refractivity contribution < 1.29 is 0 Å². The molecule has 2 heteroatoms. The van der Waals surface area contributed by atoms with Gasteiger partial charge in [-0.2, -0.15) is 0 Å².